The highest BCUT2D eigenvalue weighted by Crippen LogP contribution is 2.32. The molecule has 0 unspecified atom stereocenters. The molecule has 2 aromatic carbocycles. The average Bonchev–Trinajstić information content (AvgIpc) is 3.13. The number of sulfonamides is 1. The highest BCUT2D eigenvalue weighted by atomic mass is 32.2. The Kier molecular flexibility index (Phi) is 10.0. The number of nitrogens with zero attached hydrogens (tertiary/aromatic N) is 1. The van der Waals surface area contributed by atoms with E-state index in [1.807, 2.05) is 6.07 Å². The molecule has 38 heavy (non-hydrogen) atoms. The molecule has 0 radical (unpaired) electrons. The van der Waals surface area contributed by atoms with Crippen molar-refractivity contribution >= 4 is 56.7 Å². The Morgan fingerprint density at radius 2 is 1.84 bits per heavy atom. The summed E-state index contributed by atoms with van der Waals surface area (Å²) in [5, 5.41) is 2.00. The zero-order valence-corrected chi connectivity index (χ0v) is 22.5. The summed E-state index contributed by atoms with van der Waals surface area (Å²) >= 11 is 2.12. The monoisotopic (exact) mass is 587 g/mol. The molecule has 1 heterocycles. The van der Waals surface area contributed by atoms with E-state index in [4.69, 9.17) is 0 Å². The SMILES string of the molecule is CSCC[C@@H](NS(=O)(=O)c1cccc(C(F)(F)F)c1)C(=O)NCCN1C(=O)S/C(=C/c2ccccc2)C1=O. The molecule has 14 heteroatoms. The predicted octanol–water partition coefficient (Wildman–Crippen LogP) is 3.96. The molecular formula is C24H24F3N3O5S3. The van der Waals surface area contributed by atoms with Crippen LogP contribution in [0.4, 0.5) is 18.0 Å². The van der Waals surface area contributed by atoms with E-state index in [0.717, 1.165) is 40.4 Å². The maximum Gasteiger partial charge on any atom is 0.416 e. The third-order valence-corrected chi connectivity index (χ3v) is 8.32. The molecule has 8 nitrogen and oxygen atoms in total. The third-order valence-electron chi connectivity index (χ3n) is 5.30. The number of carbonyl (C=O) groups excluding carboxylic acids is 3. The van der Waals surface area contributed by atoms with Crippen LogP contribution in [0.2, 0.25) is 0 Å². The molecule has 204 valence electrons. The number of nitrogens with one attached hydrogen (secondary N) is 2. The molecule has 2 N–H and O–H groups in total. The van der Waals surface area contributed by atoms with E-state index in [2.05, 4.69) is 10.0 Å². The first kappa shape index (κ1) is 29.7. The summed E-state index contributed by atoms with van der Waals surface area (Å²) in [5.41, 5.74) is -0.389. The second kappa shape index (κ2) is 12.8. The first-order chi connectivity index (χ1) is 17.9. The standard InChI is InChI=1S/C24H24F3N3O5S3/c1-36-13-10-19(29-38(34,35)18-9-5-8-17(15-18)24(25,26)27)21(31)28-11-12-30-22(32)20(37-23(30)33)14-16-6-3-2-4-7-16/h2-9,14-15,19,29H,10-13H2,1H3,(H,28,31)/b20-14+/t19-/m1/s1. The van der Waals surface area contributed by atoms with Crippen molar-refractivity contribution in [1.82, 2.24) is 14.9 Å². The van der Waals surface area contributed by atoms with Crippen molar-refractivity contribution < 1.29 is 36.0 Å². The second-order valence-electron chi connectivity index (χ2n) is 8.02. The molecule has 1 aliphatic rings. The van der Waals surface area contributed by atoms with Gasteiger partial charge in [-0.05, 0) is 60.0 Å². The van der Waals surface area contributed by atoms with Crippen molar-refractivity contribution in [3.63, 3.8) is 0 Å². The van der Waals surface area contributed by atoms with E-state index in [1.165, 1.54) is 11.8 Å². The van der Waals surface area contributed by atoms with E-state index in [1.54, 1.807) is 36.6 Å². The van der Waals surface area contributed by atoms with Gasteiger partial charge in [-0.3, -0.25) is 19.3 Å². The smallest absolute Gasteiger partial charge is 0.353 e. The molecular weight excluding hydrogens is 563 g/mol. The fraction of sp³-hybridized carbons (Fsp3) is 0.292. The minimum absolute atomic E-state index is 0.0621. The molecule has 0 aromatic heterocycles. The van der Waals surface area contributed by atoms with Gasteiger partial charge in [0.2, 0.25) is 15.9 Å². The number of rotatable bonds is 11. The summed E-state index contributed by atoms with van der Waals surface area (Å²) in [6, 6.07) is 10.9. The van der Waals surface area contributed by atoms with Crippen LogP contribution < -0.4 is 10.0 Å². The Bertz CT molecular complexity index is 1320. The van der Waals surface area contributed by atoms with Crippen LogP contribution in [0.1, 0.15) is 17.5 Å². The molecule has 2 aromatic rings. The van der Waals surface area contributed by atoms with E-state index in [-0.39, 0.29) is 24.4 Å². The van der Waals surface area contributed by atoms with Gasteiger partial charge in [0.25, 0.3) is 11.1 Å². The van der Waals surface area contributed by atoms with E-state index in [9.17, 15) is 36.0 Å². The normalized spacial score (nSPS) is 16.2. The molecule has 0 saturated carbocycles. The van der Waals surface area contributed by atoms with E-state index < -0.39 is 49.8 Å². The lowest BCUT2D eigenvalue weighted by Crippen LogP contribution is -2.48. The predicted molar refractivity (Wildman–Crippen MR) is 141 cm³/mol. The first-order valence-corrected chi connectivity index (χ1v) is 14.9. The quantitative estimate of drug-likeness (QED) is 0.383. The highest BCUT2D eigenvalue weighted by molar-refractivity contribution is 8.18. The van der Waals surface area contributed by atoms with Gasteiger partial charge in [-0.15, -0.1) is 0 Å². The Balaban J connectivity index is 1.64. The largest absolute Gasteiger partial charge is 0.416 e. The van der Waals surface area contributed by atoms with Crippen LogP contribution in [0.25, 0.3) is 6.08 Å². The molecule has 3 rings (SSSR count). The van der Waals surface area contributed by atoms with E-state index in [0.29, 0.717) is 11.8 Å². The number of imide groups is 1. The lowest BCUT2D eigenvalue weighted by atomic mass is 10.2. The van der Waals surface area contributed by atoms with Crippen LogP contribution in [0.5, 0.6) is 0 Å². The van der Waals surface area contributed by atoms with Crippen molar-refractivity contribution in [2.24, 2.45) is 0 Å². The highest BCUT2D eigenvalue weighted by Gasteiger charge is 2.35. The van der Waals surface area contributed by atoms with Gasteiger partial charge in [0.1, 0.15) is 6.04 Å². The molecule has 3 amide bonds. The Morgan fingerprint density at radius 1 is 1.13 bits per heavy atom. The van der Waals surface area contributed by atoms with Crippen molar-refractivity contribution in [2.45, 2.75) is 23.5 Å². The van der Waals surface area contributed by atoms with Gasteiger partial charge < -0.3 is 5.32 Å². The topological polar surface area (TPSA) is 113 Å². The van der Waals surface area contributed by atoms with Crippen LogP contribution in [-0.2, 0) is 25.8 Å². The van der Waals surface area contributed by atoms with Gasteiger partial charge in [-0.2, -0.15) is 29.7 Å². The molecule has 0 spiro atoms. The summed E-state index contributed by atoms with van der Waals surface area (Å²) in [5.74, 6) is -0.861. The summed E-state index contributed by atoms with van der Waals surface area (Å²) in [6.07, 6.45) is -1.34. The zero-order valence-electron chi connectivity index (χ0n) is 20.0. The number of halogens is 3. The van der Waals surface area contributed by atoms with Crippen LogP contribution in [-0.4, -0.2) is 61.5 Å². The van der Waals surface area contributed by atoms with E-state index >= 15 is 0 Å². The first-order valence-electron chi connectivity index (χ1n) is 11.2. The molecule has 0 aliphatic carbocycles. The number of thioether (sulfide) groups is 2. The Hall–Kier alpha value is -2.81. The van der Waals surface area contributed by atoms with Gasteiger partial charge in [0.15, 0.2) is 0 Å². The van der Waals surface area contributed by atoms with Crippen LogP contribution >= 0.6 is 23.5 Å². The van der Waals surface area contributed by atoms with Crippen molar-refractivity contribution in [2.75, 3.05) is 25.1 Å². The third kappa shape index (κ3) is 7.85. The van der Waals surface area contributed by atoms with Crippen LogP contribution in [0.15, 0.2) is 64.4 Å². The number of amides is 3. The van der Waals surface area contributed by atoms with Gasteiger partial charge in [0, 0.05) is 13.1 Å². The number of hydrogen-bond donors (Lipinski definition) is 2. The molecule has 1 saturated heterocycles. The number of alkyl halides is 3. The van der Waals surface area contributed by atoms with Crippen molar-refractivity contribution in [3.8, 4) is 0 Å². The minimum atomic E-state index is -4.74. The van der Waals surface area contributed by atoms with Crippen LogP contribution in [0.3, 0.4) is 0 Å². The van der Waals surface area contributed by atoms with Gasteiger partial charge in [0.05, 0.1) is 15.4 Å². The maximum atomic E-state index is 13.0. The number of hydrogen-bond acceptors (Lipinski definition) is 7. The van der Waals surface area contributed by atoms with Crippen molar-refractivity contribution in [3.05, 3.63) is 70.6 Å². The molecule has 1 fully saturated rings. The summed E-state index contributed by atoms with van der Waals surface area (Å²) in [4.78, 5) is 38.3. The lowest BCUT2D eigenvalue weighted by molar-refractivity contribution is -0.137. The number of carbonyl (C=O) groups is 3. The fourth-order valence-corrected chi connectivity index (χ4v) is 5.99. The lowest BCUT2D eigenvalue weighted by Gasteiger charge is -2.20. The molecule has 0 bridgehead atoms. The minimum Gasteiger partial charge on any atom is -0.353 e. The van der Waals surface area contributed by atoms with Gasteiger partial charge in [-0.1, -0.05) is 36.4 Å². The van der Waals surface area contributed by atoms with Crippen molar-refractivity contribution in [1.29, 1.82) is 0 Å². The molecule has 1 atom stereocenters. The summed E-state index contributed by atoms with van der Waals surface area (Å²) < 4.78 is 66.8. The Labute approximate surface area is 226 Å². The second-order valence-corrected chi connectivity index (χ2v) is 11.7. The zero-order chi connectivity index (χ0) is 27.9. The maximum absolute atomic E-state index is 13.0. The summed E-state index contributed by atoms with van der Waals surface area (Å²) in [6.45, 7) is -0.283. The Morgan fingerprint density at radius 3 is 2.50 bits per heavy atom. The van der Waals surface area contributed by atoms with Gasteiger partial charge >= 0.3 is 6.18 Å². The molecule has 1 aliphatic heterocycles. The number of benzene rings is 2. The average molecular weight is 588 g/mol. The fourth-order valence-electron chi connectivity index (χ4n) is 3.38. The summed E-state index contributed by atoms with van der Waals surface area (Å²) in [7, 11) is -4.46. The van der Waals surface area contributed by atoms with Crippen LogP contribution in [0, 0.1) is 0 Å². The van der Waals surface area contributed by atoms with Gasteiger partial charge in [-0.25, -0.2) is 8.42 Å².